The zero-order chi connectivity index (χ0) is 11.1. The van der Waals surface area contributed by atoms with Crippen LogP contribution in [0.25, 0.3) is 0 Å². The molecule has 1 heterocycles. The predicted molar refractivity (Wildman–Crippen MR) is 61.6 cm³/mol. The molecule has 1 atom stereocenters. The Bertz CT molecular complexity index is 263. The van der Waals surface area contributed by atoms with Gasteiger partial charge in [-0.25, -0.2) is 0 Å². The Balaban J connectivity index is 2.42. The average molecular weight is 208 g/mol. The minimum absolute atomic E-state index is 0.329. The van der Waals surface area contributed by atoms with Gasteiger partial charge in [-0.15, -0.1) is 0 Å². The number of hydrogen-bond acceptors (Lipinski definition) is 4. The standard InChI is InChI=1S/C11H20N4/c1-10(11-9-13-6-7-14-11)15(3)8-4-5-12-2/h6-7,9-10,12H,4-5,8H2,1-3H3. The second-order valence-electron chi connectivity index (χ2n) is 3.74. The minimum atomic E-state index is 0.329. The second-order valence-corrected chi connectivity index (χ2v) is 3.74. The normalized spacial score (nSPS) is 13.1. The van der Waals surface area contributed by atoms with E-state index in [0.717, 1.165) is 25.2 Å². The van der Waals surface area contributed by atoms with Crippen molar-refractivity contribution in [1.82, 2.24) is 20.2 Å². The molecule has 0 bridgehead atoms. The Morgan fingerprint density at radius 2 is 2.27 bits per heavy atom. The maximum absolute atomic E-state index is 4.31. The highest BCUT2D eigenvalue weighted by Crippen LogP contribution is 2.14. The van der Waals surface area contributed by atoms with E-state index in [4.69, 9.17) is 0 Å². The number of rotatable bonds is 6. The van der Waals surface area contributed by atoms with Gasteiger partial charge in [0.25, 0.3) is 0 Å². The summed E-state index contributed by atoms with van der Waals surface area (Å²) in [5.41, 5.74) is 1.03. The van der Waals surface area contributed by atoms with Gasteiger partial charge >= 0.3 is 0 Å². The van der Waals surface area contributed by atoms with Crippen LogP contribution in [-0.4, -0.2) is 42.1 Å². The highest BCUT2D eigenvalue weighted by Gasteiger charge is 2.11. The highest BCUT2D eigenvalue weighted by atomic mass is 15.1. The van der Waals surface area contributed by atoms with Gasteiger partial charge in [0.2, 0.25) is 0 Å². The number of nitrogens with one attached hydrogen (secondary N) is 1. The van der Waals surface area contributed by atoms with E-state index < -0.39 is 0 Å². The van der Waals surface area contributed by atoms with E-state index in [1.807, 2.05) is 13.2 Å². The fourth-order valence-electron chi connectivity index (χ4n) is 1.45. The molecule has 84 valence electrons. The molecule has 0 saturated carbocycles. The second kappa shape index (κ2) is 6.48. The van der Waals surface area contributed by atoms with Crippen LogP contribution < -0.4 is 5.32 Å². The Hall–Kier alpha value is -1.00. The lowest BCUT2D eigenvalue weighted by Crippen LogP contribution is -2.26. The van der Waals surface area contributed by atoms with Gasteiger partial charge in [0.1, 0.15) is 0 Å². The molecule has 0 aromatic carbocycles. The van der Waals surface area contributed by atoms with Gasteiger partial charge < -0.3 is 5.32 Å². The monoisotopic (exact) mass is 208 g/mol. The van der Waals surface area contributed by atoms with Crippen LogP contribution in [0.5, 0.6) is 0 Å². The summed E-state index contributed by atoms with van der Waals surface area (Å²) >= 11 is 0. The summed E-state index contributed by atoms with van der Waals surface area (Å²) in [5, 5.41) is 3.15. The summed E-state index contributed by atoms with van der Waals surface area (Å²) in [6.07, 6.45) is 6.43. The molecule has 0 aliphatic rings. The molecule has 1 rings (SSSR count). The van der Waals surface area contributed by atoms with E-state index in [2.05, 4.69) is 34.2 Å². The van der Waals surface area contributed by atoms with Crippen molar-refractivity contribution >= 4 is 0 Å². The van der Waals surface area contributed by atoms with Gasteiger partial charge in [-0.1, -0.05) is 0 Å². The molecule has 15 heavy (non-hydrogen) atoms. The first-order valence-electron chi connectivity index (χ1n) is 5.36. The number of hydrogen-bond donors (Lipinski definition) is 1. The molecule has 4 heteroatoms. The van der Waals surface area contributed by atoms with Crippen molar-refractivity contribution in [3.8, 4) is 0 Å². The zero-order valence-electron chi connectivity index (χ0n) is 9.77. The zero-order valence-corrected chi connectivity index (χ0v) is 9.77. The van der Waals surface area contributed by atoms with Crippen LogP contribution in [0.4, 0.5) is 0 Å². The summed E-state index contributed by atoms with van der Waals surface area (Å²) in [7, 11) is 4.10. The molecule has 0 amide bonds. The minimum Gasteiger partial charge on any atom is -0.320 e. The summed E-state index contributed by atoms with van der Waals surface area (Å²) in [6.45, 7) is 4.28. The molecule has 0 radical (unpaired) electrons. The molecule has 1 N–H and O–H groups in total. The molecule has 0 spiro atoms. The van der Waals surface area contributed by atoms with Crippen molar-refractivity contribution in [3.63, 3.8) is 0 Å². The van der Waals surface area contributed by atoms with Crippen molar-refractivity contribution in [3.05, 3.63) is 24.3 Å². The quantitative estimate of drug-likeness (QED) is 0.710. The Morgan fingerprint density at radius 1 is 1.47 bits per heavy atom. The summed E-state index contributed by atoms with van der Waals surface area (Å²) in [5.74, 6) is 0. The van der Waals surface area contributed by atoms with Crippen molar-refractivity contribution < 1.29 is 0 Å². The van der Waals surface area contributed by atoms with Gasteiger partial charge in [0.15, 0.2) is 0 Å². The lowest BCUT2D eigenvalue weighted by Gasteiger charge is -2.23. The third-order valence-corrected chi connectivity index (χ3v) is 2.61. The maximum atomic E-state index is 4.31. The SMILES string of the molecule is CNCCCN(C)C(C)c1cnccn1. The van der Waals surface area contributed by atoms with Gasteiger partial charge in [0.05, 0.1) is 11.7 Å². The first-order valence-corrected chi connectivity index (χ1v) is 5.36. The molecule has 1 aromatic heterocycles. The van der Waals surface area contributed by atoms with E-state index in [1.54, 1.807) is 12.4 Å². The topological polar surface area (TPSA) is 41.0 Å². The predicted octanol–water partition coefficient (Wildman–Crippen LogP) is 1.08. The first kappa shape index (κ1) is 12.1. The average Bonchev–Trinajstić information content (AvgIpc) is 2.29. The van der Waals surface area contributed by atoms with E-state index in [0.29, 0.717) is 6.04 Å². The number of aromatic nitrogens is 2. The van der Waals surface area contributed by atoms with Gasteiger partial charge in [-0.3, -0.25) is 14.9 Å². The molecule has 0 aliphatic heterocycles. The van der Waals surface area contributed by atoms with Gasteiger partial charge in [-0.05, 0) is 40.5 Å². The molecular formula is C11H20N4. The van der Waals surface area contributed by atoms with E-state index >= 15 is 0 Å². The van der Waals surface area contributed by atoms with Crippen LogP contribution in [0.1, 0.15) is 25.1 Å². The fraction of sp³-hybridized carbons (Fsp3) is 0.636. The molecule has 0 fully saturated rings. The first-order chi connectivity index (χ1) is 7.25. The molecule has 0 saturated heterocycles. The van der Waals surface area contributed by atoms with Crippen LogP contribution in [0, 0.1) is 0 Å². The van der Waals surface area contributed by atoms with E-state index in [1.165, 1.54) is 0 Å². The lowest BCUT2D eigenvalue weighted by atomic mass is 10.2. The molecular weight excluding hydrogens is 188 g/mol. The van der Waals surface area contributed by atoms with E-state index in [9.17, 15) is 0 Å². The Morgan fingerprint density at radius 3 is 2.87 bits per heavy atom. The Labute approximate surface area is 91.7 Å². The van der Waals surface area contributed by atoms with Crippen LogP contribution >= 0.6 is 0 Å². The van der Waals surface area contributed by atoms with Crippen LogP contribution in [0.15, 0.2) is 18.6 Å². The molecule has 0 aliphatic carbocycles. The van der Waals surface area contributed by atoms with Gasteiger partial charge in [0, 0.05) is 18.6 Å². The summed E-state index contributed by atoms with van der Waals surface area (Å²) < 4.78 is 0. The Kier molecular flexibility index (Phi) is 5.21. The van der Waals surface area contributed by atoms with Crippen LogP contribution in [-0.2, 0) is 0 Å². The molecule has 4 nitrogen and oxygen atoms in total. The third-order valence-electron chi connectivity index (χ3n) is 2.61. The maximum Gasteiger partial charge on any atom is 0.0755 e. The van der Waals surface area contributed by atoms with Crippen LogP contribution in [0.3, 0.4) is 0 Å². The van der Waals surface area contributed by atoms with E-state index in [-0.39, 0.29) is 0 Å². The van der Waals surface area contributed by atoms with Crippen molar-refractivity contribution in [2.75, 3.05) is 27.2 Å². The summed E-state index contributed by atoms with van der Waals surface area (Å²) in [4.78, 5) is 10.7. The fourth-order valence-corrected chi connectivity index (χ4v) is 1.45. The molecule has 1 unspecified atom stereocenters. The van der Waals surface area contributed by atoms with Gasteiger partial charge in [-0.2, -0.15) is 0 Å². The van der Waals surface area contributed by atoms with Crippen molar-refractivity contribution in [2.45, 2.75) is 19.4 Å². The third kappa shape index (κ3) is 3.93. The smallest absolute Gasteiger partial charge is 0.0755 e. The molecule has 1 aromatic rings. The van der Waals surface area contributed by atoms with Crippen molar-refractivity contribution in [1.29, 1.82) is 0 Å². The van der Waals surface area contributed by atoms with Crippen molar-refractivity contribution in [2.24, 2.45) is 0 Å². The lowest BCUT2D eigenvalue weighted by molar-refractivity contribution is 0.253. The van der Waals surface area contributed by atoms with Crippen LogP contribution in [0.2, 0.25) is 0 Å². The number of nitrogens with zero attached hydrogens (tertiary/aromatic N) is 3. The summed E-state index contributed by atoms with van der Waals surface area (Å²) in [6, 6.07) is 0.329. The highest BCUT2D eigenvalue weighted by molar-refractivity contribution is 5.00. The largest absolute Gasteiger partial charge is 0.320 e.